The van der Waals surface area contributed by atoms with Crippen LogP contribution in [0.4, 0.5) is 0 Å². The minimum atomic E-state index is -3.62. The van der Waals surface area contributed by atoms with Gasteiger partial charge in [-0.05, 0) is 57.0 Å². The molecule has 1 amide bonds. The topological polar surface area (TPSA) is 97.2 Å². The van der Waals surface area contributed by atoms with Crippen molar-refractivity contribution in [1.82, 2.24) is 24.4 Å². The van der Waals surface area contributed by atoms with Crippen LogP contribution in [0.25, 0.3) is 0 Å². The van der Waals surface area contributed by atoms with Gasteiger partial charge in [-0.2, -0.15) is 5.10 Å². The molecule has 2 aromatic rings. The first-order chi connectivity index (χ1) is 12.3. The van der Waals surface area contributed by atoms with E-state index in [2.05, 4.69) is 14.8 Å². The van der Waals surface area contributed by atoms with Crippen molar-refractivity contribution in [2.45, 2.75) is 37.6 Å². The molecule has 140 valence electrons. The summed E-state index contributed by atoms with van der Waals surface area (Å²) in [4.78, 5) is 18.8. The molecule has 0 saturated carbocycles. The minimum Gasteiger partial charge on any atom is -0.338 e. The van der Waals surface area contributed by atoms with Gasteiger partial charge in [-0.15, -0.1) is 0 Å². The number of carbonyl (C=O) groups excluding carboxylic acids is 1. The molecule has 3 rings (SSSR count). The van der Waals surface area contributed by atoms with Gasteiger partial charge >= 0.3 is 0 Å². The fourth-order valence-electron chi connectivity index (χ4n) is 3.26. The lowest BCUT2D eigenvalue weighted by Crippen LogP contribution is -2.39. The largest absolute Gasteiger partial charge is 0.338 e. The molecule has 0 unspecified atom stereocenters. The van der Waals surface area contributed by atoms with Gasteiger partial charge in [0.2, 0.25) is 10.0 Å². The number of hydrogen-bond acceptors (Lipinski definition) is 5. The summed E-state index contributed by atoms with van der Waals surface area (Å²) in [6.07, 6.45) is 4.79. The number of amides is 1. The van der Waals surface area contributed by atoms with Crippen LogP contribution in [0.1, 0.15) is 40.4 Å². The second-order valence-corrected chi connectivity index (χ2v) is 8.38. The van der Waals surface area contributed by atoms with Crippen molar-refractivity contribution in [3.63, 3.8) is 0 Å². The molecular formula is C17H23N5O3S. The van der Waals surface area contributed by atoms with Crippen LogP contribution in [0, 0.1) is 13.8 Å². The summed E-state index contributed by atoms with van der Waals surface area (Å²) in [5, 5.41) is 4.17. The minimum absolute atomic E-state index is 0.141. The molecule has 0 aliphatic carbocycles. The maximum Gasteiger partial charge on any atom is 0.253 e. The van der Waals surface area contributed by atoms with Crippen molar-refractivity contribution in [1.29, 1.82) is 0 Å². The molecule has 9 heteroatoms. The molecule has 1 aromatic heterocycles. The van der Waals surface area contributed by atoms with Gasteiger partial charge in [-0.3, -0.25) is 4.79 Å². The van der Waals surface area contributed by atoms with Gasteiger partial charge in [0.25, 0.3) is 5.91 Å². The monoisotopic (exact) mass is 377 g/mol. The van der Waals surface area contributed by atoms with Crippen LogP contribution < -0.4 is 4.72 Å². The van der Waals surface area contributed by atoms with Crippen molar-refractivity contribution in [3.8, 4) is 0 Å². The molecule has 0 bridgehead atoms. The van der Waals surface area contributed by atoms with E-state index in [0.717, 1.165) is 18.4 Å². The van der Waals surface area contributed by atoms with Crippen molar-refractivity contribution < 1.29 is 13.2 Å². The van der Waals surface area contributed by atoms with Crippen LogP contribution in [-0.4, -0.2) is 54.1 Å². The SMILES string of the molecule is CNS(=O)(=O)c1cc(C(=O)N2CCC(n3cncn3)CC2)cc(C)c1C. The molecule has 1 aliphatic rings. The third-order valence-corrected chi connectivity index (χ3v) is 6.53. The number of aryl methyl sites for hydroxylation is 1. The molecule has 1 aromatic carbocycles. The van der Waals surface area contributed by atoms with Crippen LogP contribution in [0.3, 0.4) is 0 Å². The normalized spacial score (nSPS) is 16.0. The van der Waals surface area contributed by atoms with Crippen LogP contribution in [-0.2, 0) is 10.0 Å². The summed E-state index contributed by atoms with van der Waals surface area (Å²) in [6.45, 7) is 4.77. The zero-order chi connectivity index (χ0) is 18.9. The van der Waals surface area contributed by atoms with Gasteiger partial charge < -0.3 is 4.90 Å². The summed E-state index contributed by atoms with van der Waals surface area (Å²) in [6, 6.07) is 3.47. The molecule has 1 aliphatic heterocycles. The third kappa shape index (κ3) is 3.49. The van der Waals surface area contributed by atoms with Crippen LogP contribution in [0.15, 0.2) is 29.7 Å². The Kier molecular flexibility index (Phi) is 5.10. The Morgan fingerprint density at radius 2 is 1.92 bits per heavy atom. The third-order valence-electron chi connectivity index (χ3n) is 4.99. The fraction of sp³-hybridized carbons (Fsp3) is 0.471. The number of carbonyl (C=O) groups is 1. The fourth-order valence-corrected chi connectivity index (χ4v) is 4.33. The second-order valence-electron chi connectivity index (χ2n) is 6.52. The molecule has 0 spiro atoms. The van der Waals surface area contributed by atoms with E-state index in [-0.39, 0.29) is 16.8 Å². The van der Waals surface area contributed by atoms with E-state index in [1.165, 1.54) is 19.4 Å². The first-order valence-corrected chi connectivity index (χ1v) is 10.00. The standard InChI is InChI=1S/C17H23N5O3S/c1-12-8-14(9-16(13(12)2)26(24,25)18-3)17(23)21-6-4-15(5-7-21)22-11-19-10-20-22/h8-11,15,18H,4-7H2,1-3H3. The summed E-state index contributed by atoms with van der Waals surface area (Å²) >= 11 is 0. The van der Waals surface area contributed by atoms with E-state index >= 15 is 0 Å². The highest BCUT2D eigenvalue weighted by Gasteiger charge is 2.26. The van der Waals surface area contributed by atoms with E-state index in [1.807, 2.05) is 11.6 Å². The van der Waals surface area contributed by atoms with Crippen molar-refractivity contribution >= 4 is 15.9 Å². The average molecular weight is 377 g/mol. The Hall–Kier alpha value is -2.26. The number of benzene rings is 1. The lowest BCUT2D eigenvalue weighted by molar-refractivity contribution is 0.0689. The van der Waals surface area contributed by atoms with Gasteiger partial charge in [0.05, 0.1) is 10.9 Å². The summed E-state index contributed by atoms with van der Waals surface area (Å²) < 4.78 is 28.6. The zero-order valence-corrected chi connectivity index (χ0v) is 16.0. The van der Waals surface area contributed by atoms with E-state index in [9.17, 15) is 13.2 Å². The smallest absolute Gasteiger partial charge is 0.253 e. The van der Waals surface area contributed by atoms with E-state index in [4.69, 9.17) is 0 Å². The Morgan fingerprint density at radius 1 is 1.23 bits per heavy atom. The van der Waals surface area contributed by atoms with E-state index in [0.29, 0.717) is 24.2 Å². The molecular weight excluding hydrogens is 354 g/mol. The first kappa shape index (κ1) is 18.5. The quantitative estimate of drug-likeness (QED) is 0.866. The molecule has 0 atom stereocenters. The lowest BCUT2D eigenvalue weighted by atomic mass is 10.0. The molecule has 1 saturated heterocycles. The molecule has 8 nitrogen and oxygen atoms in total. The molecule has 1 N–H and O–H groups in total. The van der Waals surface area contributed by atoms with Gasteiger partial charge in [0.15, 0.2) is 0 Å². The maximum atomic E-state index is 12.9. The summed E-state index contributed by atoms with van der Waals surface area (Å²) in [5.74, 6) is -0.141. The number of piperidine rings is 1. The van der Waals surface area contributed by atoms with Crippen LogP contribution in [0.2, 0.25) is 0 Å². The van der Waals surface area contributed by atoms with E-state index in [1.54, 1.807) is 24.2 Å². The van der Waals surface area contributed by atoms with Crippen LogP contribution >= 0.6 is 0 Å². The maximum absolute atomic E-state index is 12.9. The highest BCUT2D eigenvalue weighted by molar-refractivity contribution is 7.89. The number of rotatable bonds is 4. The Labute approximate surface area is 153 Å². The predicted molar refractivity (Wildman–Crippen MR) is 96.4 cm³/mol. The molecule has 1 fully saturated rings. The number of likely N-dealkylation sites (tertiary alicyclic amines) is 1. The molecule has 0 radical (unpaired) electrons. The highest BCUT2D eigenvalue weighted by atomic mass is 32.2. The second kappa shape index (κ2) is 7.16. The lowest BCUT2D eigenvalue weighted by Gasteiger charge is -2.32. The number of nitrogens with zero attached hydrogens (tertiary/aromatic N) is 4. The van der Waals surface area contributed by atoms with E-state index < -0.39 is 10.0 Å². The molecule has 2 heterocycles. The number of aromatic nitrogens is 3. The number of sulfonamides is 1. The predicted octanol–water partition coefficient (Wildman–Crippen LogP) is 1.28. The van der Waals surface area contributed by atoms with Gasteiger partial charge in [-0.1, -0.05) is 0 Å². The Morgan fingerprint density at radius 3 is 2.50 bits per heavy atom. The summed E-state index contributed by atoms with van der Waals surface area (Å²) in [5.41, 5.74) is 1.84. The van der Waals surface area contributed by atoms with Gasteiger partial charge in [-0.25, -0.2) is 22.8 Å². The number of hydrogen-bond donors (Lipinski definition) is 1. The number of nitrogens with one attached hydrogen (secondary N) is 1. The first-order valence-electron chi connectivity index (χ1n) is 8.51. The molecule has 26 heavy (non-hydrogen) atoms. The van der Waals surface area contributed by atoms with Crippen molar-refractivity contribution in [2.24, 2.45) is 0 Å². The van der Waals surface area contributed by atoms with Crippen LogP contribution in [0.5, 0.6) is 0 Å². The van der Waals surface area contributed by atoms with Crippen molar-refractivity contribution in [3.05, 3.63) is 41.5 Å². The van der Waals surface area contributed by atoms with Gasteiger partial charge in [0, 0.05) is 18.7 Å². The Bertz CT molecular complexity index is 901. The highest BCUT2D eigenvalue weighted by Crippen LogP contribution is 2.25. The summed E-state index contributed by atoms with van der Waals surface area (Å²) in [7, 11) is -2.25. The van der Waals surface area contributed by atoms with Crippen molar-refractivity contribution in [2.75, 3.05) is 20.1 Å². The average Bonchev–Trinajstić information content (AvgIpc) is 3.18. The van der Waals surface area contributed by atoms with Gasteiger partial charge in [0.1, 0.15) is 12.7 Å². The Balaban J connectivity index is 1.80. The zero-order valence-electron chi connectivity index (χ0n) is 15.1.